The fourth-order valence-electron chi connectivity index (χ4n) is 2.52. The van der Waals surface area contributed by atoms with Crippen molar-refractivity contribution in [1.82, 2.24) is 10.3 Å². The van der Waals surface area contributed by atoms with Gasteiger partial charge in [-0.3, -0.25) is 4.79 Å². The molecule has 1 unspecified atom stereocenters. The van der Waals surface area contributed by atoms with Gasteiger partial charge in [-0.15, -0.1) is 0 Å². The molecule has 2 heterocycles. The van der Waals surface area contributed by atoms with Gasteiger partial charge in [-0.25, -0.2) is 13.4 Å². The second-order valence-corrected chi connectivity index (χ2v) is 8.95. The molecule has 1 saturated heterocycles. The molecule has 25 heavy (non-hydrogen) atoms. The number of thioether (sulfide) groups is 1. The van der Waals surface area contributed by atoms with E-state index >= 15 is 0 Å². The molecule has 1 N–H and O–H groups in total. The Bertz CT molecular complexity index is 857. The van der Waals surface area contributed by atoms with Gasteiger partial charge in [0.1, 0.15) is 5.52 Å². The second-order valence-electron chi connectivity index (χ2n) is 5.74. The first-order valence-corrected chi connectivity index (χ1v) is 10.8. The van der Waals surface area contributed by atoms with Crippen LogP contribution < -0.4 is 5.32 Å². The molecule has 1 aliphatic heterocycles. The number of oxazole rings is 1. The molecule has 1 fully saturated rings. The number of rotatable bonds is 7. The lowest BCUT2D eigenvalue weighted by atomic mass is 10.2. The highest BCUT2D eigenvalue weighted by Gasteiger charge is 2.17. The minimum Gasteiger partial charge on any atom is -0.431 e. The third-order valence-electron chi connectivity index (χ3n) is 3.96. The van der Waals surface area contributed by atoms with E-state index in [0.29, 0.717) is 22.9 Å². The molecule has 1 aromatic carbocycles. The highest BCUT2D eigenvalue weighted by molar-refractivity contribution is 7.99. The summed E-state index contributed by atoms with van der Waals surface area (Å²) in [5, 5.41) is 3.17. The smallest absolute Gasteiger partial charge is 0.257 e. The van der Waals surface area contributed by atoms with Crippen molar-refractivity contribution in [2.24, 2.45) is 0 Å². The number of ether oxygens (including phenoxy) is 1. The zero-order chi connectivity index (χ0) is 17.9. The van der Waals surface area contributed by atoms with Crippen molar-refractivity contribution < 1.29 is 22.4 Å². The monoisotopic (exact) mass is 384 g/mol. The van der Waals surface area contributed by atoms with Gasteiger partial charge in [-0.05, 0) is 31.0 Å². The number of nitrogens with one attached hydrogen (secondary N) is 1. The Morgan fingerprint density at radius 2 is 2.28 bits per heavy atom. The number of carbonyl (C=O) groups is 1. The Morgan fingerprint density at radius 1 is 1.44 bits per heavy atom. The molecule has 1 amide bonds. The number of aromatic nitrogens is 1. The highest BCUT2D eigenvalue weighted by Crippen LogP contribution is 2.25. The number of amides is 1. The van der Waals surface area contributed by atoms with Crippen LogP contribution in [0.15, 0.2) is 32.7 Å². The maximum atomic E-state index is 11.9. The van der Waals surface area contributed by atoms with E-state index in [-0.39, 0.29) is 28.4 Å². The number of hydrogen-bond acceptors (Lipinski definition) is 7. The zero-order valence-electron chi connectivity index (χ0n) is 13.9. The van der Waals surface area contributed by atoms with E-state index in [0.717, 1.165) is 19.4 Å². The van der Waals surface area contributed by atoms with E-state index in [4.69, 9.17) is 9.15 Å². The summed E-state index contributed by atoms with van der Waals surface area (Å²) in [6.45, 7) is 2.87. The summed E-state index contributed by atoms with van der Waals surface area (Å²) in [4.78, 5) is 16.4. The number of fused-ring (bicyclic) bond motifs is 1. The lowest BCUT2D eigenvalue weighted by Crippen LogP contribution is -2.32. The molecule has 0 aliphatic carbocycles. The molecule has 0 saturated carbocycles. The van der Waals surface area contributed by atoms with E-state index in [1.165, 1.54) is 23.9 Å². The molecule has 1 aliphatic rings. The van der Waals surface area contributed by atoms with Gasteiger partial charge in [-0.1, -0.05) is 18.7 Å². The van der Waals surface area contributed by atoms with Crippen LogP contribution in [0.4, 0.5) is 0 Å². The molecule has 3 rings (SSSR count). The van der Waals surface area contributed by atoms with E-state index in [1.54, 1.807) is 13.0 Å². The van der Waals surface area contributed by atoms with Gasteiger partial charge in [0.05, 0.1) is 22.5 Å². The summed E-state index contributed by atoms with van der Waals surface area (Å²) in [5.74, 6) is 0.0969. The summed E-state index contributed by atoms with van der Waals surface area (Å²) in [6.07, 6.45) is 2.12. The summed E-state index contributed by atoms with van der Waals surface area (Å²) in [7, 11) is -3.29. The first kappa shape index (κ1) is 18.2. The average Bonchev–Trinajstić information content (AvgIpc) is 3.26. The average molecular weight is 384 g/mol. The van der Waals surface area contributed by atoms with Crippen LogP contribution in [0.5, 0.6) is 0 Å². The minimum atomic E-state index is -3.29. The molecule has 0 spiro atoms. The van der Waals surface area contributed by atoms with Crippen molar-refractivity contribution in [3.05, 3.63) is 18.2 Å². The maximum absolute atomic E-state index is 11.9. The SMILES string of the molecule is CCS(=O)(=O)c1ccc2oc(SCC(=O)NCC3CCCO3)nc2c1. The van der Waals surface area contributed by atoms with Crippen molar-refractivity contribution in [3.63, 3.8) is 0 Å². The molecule has 136 valence electrons. The van der Waals surface area contributed by atoms with E-state index in [2.05, 4.69) is 10.3 Å². The van der Waals surface area contributed by atoms with Gasteiger partial charge in [-0.2, -0.15) is 0 Å². The van der Waals surface area contributed by atoms with Crippen molar-refractivity contribution in [2.45, 2.75) is 36.0 Å². The third kappa shape index (κ3) is 4.53. The number of benzene rings is 1. The Morgan fingerprint density at radius 3 is 3.00 bits per heavy atom. The standard InChI is InChI=1S/C16H20N2O5S2/c1-2-25(20,21)12-5-6-14-13(8-12)18-16(23-14)24-10-15(19)17-9-11-4-3-7-22-11/h5-6,8,11H,2-4,7,9-10H2,1H3,(H,17,19). The lowest BCUT2D eigenvalue weighted by Gasteiger charge is -2.09. The van der Waals surface area contributed by atoms with Crippen LogP contribution in [0.1, 0.15) is 19.8 Å². The Hall–Kier alpha value is -1.58. The third-order valence-corrected chi connectivity index (χ3v) is 6.52. The van der Waals surface area contributed by atoms with Gasteiger partial charge in [0.25, 0.3) is 5.22 Å². The summed E-state index contributed by atoms with van der Waals surface area (Å²) < 4.78 is 34.8. The van der Waals surface area contributed by atoms with Gasteiger partial charge >= 0.3 is 0 Å². The Balaban J connectivity index is 1.59. The molecule has 7 nitrogen and oxygen atoms in total. The molecular weight excluding hydrogens is 364 g/mol. The normalized spacial score (nSPS) is 17.9. The number of nitrogens with zero attached hydrogens (tertiary/aromatic N) is 1. The number of hydrogen-bond donors (Lipinski definition) is 1. The molecule has 2 aromatic rings. The van der Waals surface area contributed by atoms with Crippen molar-refractivity contribution in [2.75, 3.05) is 24.7 Å². The molecule has 0 bridgehead atoms. The van der Waals surface area contributed by atoms with Gasteiger partial charge in [0.2, 0.25) is 5.91 Å². The largest absolute Gasteiger partial charge is 0.431 e. The zero-order valence-corrected chi connectivity index (χ0v) is 15.5. The lowest BCUT2D eigenvalue weighted by molar-refractivity contribution is -0.119. The molecule has 0 radical (unpaired) electrons. The van der Waals surface area contributed by atoms with Crippen LogP contribution in [0.25, 0.3) is 11.1 Å². The van der Waals surface area contributed by atoms with Crippen molar-refractivity contribution in [1.29, 1.82) is 0 Å². The van der Waals surface area contributed by atoms with Crippen LogP contribution in [0, 0.1) is 0 Å². The fourth-order valence-corrected chi connectivity index (χ4v) is 4.09. The second kappa shape index (κ2) is 7.76. The van der Waals surface area contributed by atoms with Gasteiger partial charge < -0.3 is 14.5 Å². The molecule has 1 aromatic heterocycles. The van der Waals surface area contributed by atoms with Crippen molar-refractivity contribution in [3.8, 4) is 0 Å². The minimum absolute atomic E-state index is 0.0306. The van der Waals surface area contributed by atoms with E-state index in [1.807, 2.05) is 0 Å². The topological polar surface area (TPSA) is 98.5 Å². The van der Waals surface area contributed by atoms with E-state index < -0.39 is 9.84 Å². The Kier molecular flexibility index (Phi) is 5.65. The summed E-state index contributed by atoms with van der Waals surface area (Å²) >= 11 is 1.18. The Labute approximate surface area is 150 Å². The van der Waals surface area contributed by atoms with Crippen LogP contribution in [-0.4, -0.2) is 50.1 Å². The summed E-state index contributed by atoms with van der Waals surface area (Å²) in [5.41, 5.74) is 0.967. The number of carbonyl (C=O) groups excluding carboxylic acids is 1. The van der Waals surface area contributed by atoms with Gasteiger partial charge in [0.15, 0.2) is 15.4 Å². The van der Waals surface area contributed by atoms with Crippen LogP contribution >= 0.6 is 11.8 Å². The van der Waals surface area contributed by atoms with E-state index in [9.17, 15) is 13.2 Å². The first-order chi connectivity index (χ1) is 12.0. The predicted octanol–water partition coefficient (Wildman–Crippen LogP) is 2.01. The summed E-state index contributed by atoms with van der Waals surface area (Å²) in [6, 6.07) is 4.60. The molecular formula is C16H20N2O5S2. The quantitative estimate of drug-likeness (QED) is 0.729. The van der Waals surface area contributed by atoms with Crippen molar-refractivity contribution >= 4 is 38.6 Å². The molecule has 9 heteroatoms. The predicted molar refractivity (Wildman–Crippen MR) is 94.4 cm³/mol. The highest BCUT2D eigenvalue weighted by atomic mass is 32.2. The maximum Gasteiger partial charge on any atom is 0.257 e. The fraction of sp³-hybridized carbons (Fsp3) is 0.500. The van der Waals surface area contributed by atoms with Gasteiger partial charge in [0, 0.05) is 13.2 Å². The number of sulfone groups is 1. The van der Waals surface area contributed by atoms with Crippen LogP contribution in [0.3, 0.4) is 0 Å². The first-order valence-electron chi connectivity index (χ1n) is 8.12. The van der Waals surface area contributed by atoms with Crippen LogP contribution in [0.2, 0.25) is 0 Å². The van der Waals surface area contributed by atoms with Crippen LogP contribution in [-0.2, 0) is 19.4 Å². The molecule has 1 atom stereocenters.